The van der Waals surface area contributed by atoms with Crippen molar-refractivity contribution in [2.45, 2.75) is 32.1 Å². The lowest BCUT2D eigenvalue weighted by Crippen LogP contribution is -2.49. The van der Waals surface area contributed by atoms with Crippen LogP contribution in [0.1, 0.15) is 48.3 Å². The molecule has 6 nitrogen and oxygen atoms in total. The van der Waals surface area contributed by atoms with Gasteiger partial charge in [-0.05, 0) is 39.4 Å². The zero-order chi connectivity index (χ0) is 16.9. The molecule has 132 valence electrons. The van der Waals surface area contributed by atoms with E-state index in [0.717, 1.165) is 64.3 Å². The molecule has 2 aliphatic heterocycles. The Kier molecular flexibility index (Phi) is 5.79. The summed E-state index contributed by atoms with van der Waals surface area (Å²) in [4.78, 5) is 28.4. The number of piperidine rings is 1. The van der Waals surface area contributed by atoms with E-state index in [9.17, 15) is 4.79 Å². The fourth-order valence-electron chi connectivity index (χ4n) is 3.74. The first-order valence-electron chi connectivity index (χ1n) is 9.19. The highest BCUT2D eigenvalue weighted by Crippen LogP contribution is 2.24. The molecule has 2 aliphatic rings. The highest BCUT2D eigenvalue weighted by molar-refractivity contribution is 5.92. The maximum absolute atomic E-state index is 12.8. The molecule has 1 amide bonds. The molecule has 0 radical (unpaired) electrons. The molecule has 0 bridgehead atoms. The SMILES string of the molecule is CCCN1CCN(C(=O)c2cncc(C3CCCN(C)C3)n2)CC1. The van der Waals surface area contributed by atoms with Crippen molar-refractivity contribution in [1.29, 1.82) is 0 Å². The Bertz CT molecular complexity index is 556. The molecule has 0 N–H and O–H groups in total. The lowest BCUT2D eigenvalue weighted by molar-refractivity contribution is 0.0630. The zero-order valence-corrected chi connectivity index (χ0v) is 14.9. The standard InChI is InChI=1S/C18H29N5O/c1-3-6-22-8-10-23(11-9-22)18(24)17-13-19-12-16(20-17)15-5-4-7-21(2)14-15/h12-13,15H,3-11,14H2,1-2H3. The predicted octanol–water partition coefficient (Wildman–Crippen LogP) is 1.45. The van der Waals surface area contributed by atoms with Gasteiger partial charge < -0.3 is 9.80 Å². The molecule has 1 aromatic rings. The van der Waals surface area contributed by atoms with Crippen molar-refractivity contribution < 1.29 is 4.79 Å². The maximum Gasteiger partial charge on any atom is 0.274 e. The first-order valence-corrected chi connectivity index (χ1v) is 9.19. The van der Waals surface area contributed by atoms with E-state index in [1.807, 2.05) is 11.1 Å². The van der Waals surface area contributed by atoms with Gasteiger partial charge in [0, 0.05) is 44.8 Å². The summed E-state index contributed by atoms with van der Waals surface area (Å²) in [5.41, 5.74) is 1.47. The van der Waals surface area contributed by atoms with Crippen molar-refractivity contribution >= 4 is 5.91 Å². The molecular formula is C18H29N5O. The van der Waals surface area contributed by atoms with Crippen LogP contribution in [0.5, 0.6) is 0 Å². The third-order valence-electron chi connectivity index (χ3n) is 5.11. The van der Waals surface area contributed by atoms with Gasteiger partial charge in [0.25, 0.3) is 5.91 Å². The quantitative estimate of drug-likeness (QED) is 0.836. The van der Waals surface area contributed by atoms with E-state index < -0.39 is 0 Å². The second-order valence-corrected chi connectivity index (χ2v) is 7.06. The van der Waals surface area contributed by atoms with Gasteiger partial charge in [0.05, 0.1) is 11.9 Å². The van der Waals surface area contributed by atoms with Gasteiger partial charge in [-0.1, -0.05) is 6.92 Å². The summed E-state index contributed by atoms with van der Waals surface area (Å²) in [5.74, 6) is 0.426. The molecule has 0 spiro atoms. The van der Waals surface area contributed by atoms with Gasteiger partial charge in [-0.3, -0.25) is 14.7 Å². The molecule has 0 saturated carbocycles. The van der Waals surface area contributed by atoms with Crippen LogP contribution in [0.2, 0.25) is 0 Å². The van der Waals surface area contributed by atoms with Crippen LogP contribution in [-0.4, -0.2) is 83.4 Å². The van der Waals surface area contributed by atoms with Gasteiger partial charge in [0.15, 0.2) is 0 Å². The molecule has 0 aromatic carbocycles. The summed E-state index contributed by atoms with van der Waals surface area (Å²) < 4.78 is 0. The van der Waals surface area contributed by atoms with Gasteiger partial charge in [0.1, 0.15) is 5.69 Å². The molecule has 1 aromatic heterocycles. The van der Waals surface area contributed by atoms with Crippen LogP contribution >= 0.6 is 0 Å². The largest absolute Gasteiger partial charge is 0.335 e. The lowest BCUT2D eigenvalue weighted by Gasteiger charge is -2.34. The molecule has 6 heteroatoms. The van der Waals surface area contributed by atoms with Crippen molar-refractivity contribution in [3.8, 4) is 0 Å². The van der Waals surface area contributed by atoms with Crippen LogP contribution in [0.25, 0.3) is 0 Å². The molecular weight excluding hydrogens is 302 g/mol. The normalized spacial score (nSPS) is 23.4. The molecule has 3 heterocycles. The van der Waals surface area contributed by atoms with Gasteiger partial charge in [-0.25, -0.2) is 4.98 Å². The van der Waals surface area contributed by atoms with Gasteiger partial charge in [0.2, 0.25) is 0 Å². The van der Waals surface area contributed by atoms with E-state index in [0.29, 0.717) is 11.6 Å². The molecule has 1 unspecified atom stereocenters. The average Bonchev–Trinajstić information content (AvgIpc) is 2.62. The zero-order valence-electron chi connectivity index (χ0n) is 14.9. The third kappa shape index (κ3) is 4.11. The Balaban J connectivity index is 1.64. The summed E-state index contributed by atoms with van der Waals surface area (Å²) in [6.45, 7) is 8.95. The Morgan fingerprint density at radius 3 is 2.71 bits per heavy atom. The number of carbonyl (C=O) groups is 1. The molecule has 2 saturated heterocycles. The highest BCUT2D eigenvalue weighted by atomic mass is 16.2. The Hall–Kier alpha value is -1.53. The minimum atomic E-state index is 0.0321. The molecule has 3 rings (SSSR count). The number of amides is 1. The fraction of sp³-hybridized carbons (Fsp3) is 0.722. The number of rotatable bonds is 4. The van der Waals surface area contributed by atoms with Crippen LogP contribution in [0.3, 0.4) is 0 Å². The van der Waals surface area contributed by atoms with Gasteiger partial charge in [-0.15, -0.1) is 0 Å². The summed E-state index contributed by atoms with van der Waals surface area (Å²) in [6, 6.07) is 0. The number of hydrogen-bond donors (Lipinski definition) is 0. The highest BCUT2D eigenvalue weighted by Gasteiger charge is 2.25. The lowest BCUT2D eigenvalue weighted by atomic mass is 9.95. The minimum absolute atomic E-state index is 0.0321. The third-order valence-corrected chi connectivity index (χ3v) is 5.11. The Morgan fingerprint density at radius 1 is 1.21 bits per heavy atom. The van der Waals surface area contributed by atoms with Gasteiger partial charge >= 0.3 is 0 Å². The number of aromatic nitrogens is 2. The van der Waals surface area contributed by atoms with Crippen LogP contribution < -0.4 is 0 Å². The van der Waals surface area contributed by atoms with Crippen LogP contribution in [0.4, 0.5) is 0 Å². The number of nitrogens with zero attached hydrogens (tertiary/aromatic N) is 5. The first kappa shape index (κ1) is 17.3. The maximum atomic E-state index is 12.8. The molecule has 0 aliphatic carbocycles. The van der Waals surface area contributed by atoms with E-state index >= 15 is 0 Å². The number of carbonyl (C=O) groups excluding carboxylic acids is 1. The van der Waals surface area contributed by atoms with E-state index in [1.165, 1.54) is 6.42 Å². The van der Waals surface area contributed by atoms with Crippen molar-refractivity contribution in [3.63, 3.8) is 0 Å². The van der Waals surface area contributed by atoms with Gasteiger partial charge in [-0.2, -0.15) is 0 Å². The smallest absolute Gasteiger partial charge is 0.274 e. The summed E-state index contributed by atoms with van der Waals surface area (Å²) in [6.07, 6.45) is 6.93. The molecule has 1 atom stereocenters. The number of likely N-dealkylation sites (N-methyl/N-ethyl adjacent to an activating group) is 1. The second-order valence-electron chi connectivity index (χ2n) is 7.06. The van der Waals surface area contributed by atoms with Crippen molar-refractivity contribution in [1.82, 2.24) is 24.7 Å². The summed E-state index contributed by atoms with van der Waals surface area (Å²) in [5, 5.41) is 0. The van der Waals surface area contributed by atoms with Crippen LogP contribution in [0.15, 0.2) is 12.4 Å². The predicted molar refractivity (Wildman–Crippen MR) is 94.1 cm³/mol. The second kappa shape index (κ2) is 8.03. The topological polar surface area (TPSA) is 52.6 Å². The number of hydrogen-bond acceptors (Lipinski definition) is 5. The Labute approximate surface area is 144 Å². The Morgan fingerprint density at radius 2 is 2.00 bits per heavy atom. The van der Waals surface area contributed by atoms with Crippen LogP contribution in [0, 0.1) is 0 Å². The van der Waals surface area contributed by atoms with E-state index in [1.54, 1.807) is 6.20 Å². The summed E-state index contributed by atoms with van der Waals surface area (Å²) in [7, 11) is 2.14. The van der Waals surface area contributed by atoms with E-state index in [-0.39, 0.29) is 5.91 Å². The van der Waals surface area contributed by atoms with Crippen LogP contribution in [-0.2, 0) is 0 Å². The van der Waals surface area contributed by atoms with Crippen molar-refractivity contribution in [2.75, 3.05) is 52.9 Å². The van der Waals surface area contributed by atoms with E-state index in [4.69, 9.17) is 0 Å². The minimum Gasteiger partial charge on any atom is -0.335 e. The number of piperazine rings is 1. The monoisotopic (exact) mass is 331 g/mol. The molecule has 24 heavy (non-hydrogen) atoms. The molecule has 2 fully saturated rings. The van der Waals surface area contributed by atoms with E-state index in [2.05, 4.69) is 33.7 Å². The first-order chi connectivity index (χ1) is 11.7. The number of likely N-dealkylation sites (tertiary alicyclic amines) is 1. The average molecular weight is 331 g/mol. The van der Waals surface area contributed by atoms with Crippen molar-refractivity contribution in [3.05, 3.63) is 23.8 Å². The van der Waals surface area contributed by atoms with Crippen molar-refractivity contribution in [2.24, 2.45) is 0 Å². The summed E-state index contributed by atoms with van der Waals surface area (Å²) >= 11 is 0. The fourth-order valence-corrected chi connectivity index (χ4v) is 3.74.